The van der Waals surface area contributed by atoms with E-state index in [1.165, 1.54) is 11.3 Å². The van der Waals surface area contributed by atoms with Crippen LogP contribution in [0, 0.1) is 0 Å². The van der Waals surface area contributed by atoms with Gasteiger partial charge in [-0.25, -0.2) is 4.98 Å². The topological polar surface area (TPSA) is 50.2 Å². The maximum absolute atomic E-state index is 10.9. The van der Waals surface area contributed by atoms with Crippen LogP contribution < -0.4 is 0 Å². The minimum Gasteiger partial charge on any atom is -0.481 e. The van der Waals surface area contributed by atoms with E-state index in [0.717, 1.165) is 21.1 Å². The van der Waals surface area contributed by atoms with Crippen molar-refractivity contribution in [3.63, 3.8) is 0 Å². The summed E-state index contributed by atoms with van der Waals surface area (Å²) >= 11 is 1.48. The van der Waals surface area contributed by atoms with E-state index in [1.54, 1.807) is 0 Å². The van der Waals surface area contributed by atoms with Crippen molar-refractivity contribution in [1.29, 1.82) is 0 Å². The van der Waals surface area contributed by atoms with Gasteiger partial charge in [0.25, 0.3) is 0 Å². The summed E-state index contributed by atoms with van der Waals surface area (Å²) in [5.41, 5.74) is 1.95. The molecule has 0 saturated heterocycles. The minimum atomic E-state index is -0.805. The Morgan fingerprint density at radius 1 is 1.33 bits per heavy atom. The van der Waals surface area contributed by atoms with Crippen LogP contribution in [-0.4, -0.2) is 16.1 Å². The van der Waals surface area contributed by atoms with Gasteiger partial charge in [0.05, 0.1) is 12.1 Å². The van der Waals surface area contributed by atoms with Crippen LogP contribution in [0.4, 0.5) is 0 Å². The van der Waals surface area contributed by atoms with Gasteiger partial charge in [-0.15, -0.1) is 11.3 Å². The molecule has 0 bridgehead atoms. The first-order valence-corrected chi connectivity index (χ1v) is 6.66. The maximum atomic E-state index is 10.9. The van der Waals surface area contributed by atoms with Crippen LogP contribution in [0.25, 0.3) is 10.6 Å². The number of benzene rings is 1. The van der Waals surface area contributed by atoms with Crippen LogP contribution >= 0.6 is 11.3 Å². The zero-order valence-electron chi connectivity index (χ0n) is 10.4. The number of rotatable bonds is 4. The monoisotopic (exact) mass is 261 g/mol. The number of thiazole rings is 1. The standard InChI is InChI=1S/C14H15NO2S/c1-9(2)13-11(8-12(16)17)18-14(15-13)10-6-4-3-5-7-10/h3-7,9H,8H2,1-2H3,(H,16,17). The Kier molecular flexibility index (Phi) is 3.77. The maximum Gasteiger partial charge on any atom is 0.308 e. The summed E-state index contributed by atoms with van der Waals surface area (Å²) in [6.07, 6.45) is 0.0536. The Morgan fingerprint density at radius 2 is 2.00 bits per heavy atom. The molecule has 4 heteroatoms. The number of hydrogen-bond donors (Lipinski definition) is 1. The highest BCUT2D eigenvalue weighted by Crippen LogP contribution is 2.31. The summed E-state index contributed by atoms with van der Waals surface area (Å²) in [6.45, 7) is 4.07. The average Bonchev–Trinajstić information content (AvgIpc) is 2.73. The second kappa shape index (κ2) is 5.31. The van der Waals surface area contributed by atoms with Crippen molar-refractivity contribution < 1.29 is 9.90 Å². The van der Waals surface area contributed by atoms with Crippen molar-refractivity contribution >= 4 is 17.3 Å². The fourth-order valence-electron chi connectivity index (χ4n) is 1.78. The molecule has 0 amide bonds. The lowest BCUT2D eigenvalue weighted by atomic mass is 10.1. The van der Waals surface area contributed by atoms with E-state index in [2.05, 4.69) is 4.98 Å². The molecule has 1 aromatic heterocycles. The van der Waals surface area contributed by atoms with Gasteiger partial charge in [-0.1, -0.05) is 44.2 Å². The van der Waals surface area contributed by atoms with Crippen LogP contribution in [0.1, 0.15) is 30.3 Å². The first kappa shape index (κ1) is 12.8. The molecule has 1 heterocycles. The molecule has 0 radical (unpaired) electrons. The molecule has 2 aromatic rings. The van der Waals surface area contributed by atoms with Crippen molar-refractivity contribution in [3.8, 4) is 10.6 Å². The minimum absolute atomic E-state index is 0.0536. The summed E-state index contributed by atoms with van der Waals surface area (Å²) in [6, 6.07) is 9.87. The van der Waals surface area contributed by atoms with Crippen molar-refractivity contribution in [2.45, 2.75) is 26.2 Å². The second-order valence-electron chi connectivity index (χ2n) is 4.42. The van der Waals surface area contributed by atoms with Gasteiger partial charge in [0, 0.05) is 10.4 Å². The van der Waals surface area contributed by atoms with Crippen molar-refractivity contribution in [2.24, 2.45) is 0 Å². The van der Waals surface area contributed by atoms with E-state index in [-0.39, 0.29) is 12.3 Å². The molecular formula is C14H15NO2S. The van der Waals surface area contributed by atoms with Crippen molar-refractivity contribution in [3.05, 3.63) is 40.9 Å². The molecule has 1 aromatic carbocycles. The molecule has 0 aliphatic carbocycles. The fraction of sp³-hybridized carbons (Fsp3) is 0.286. The summed E-state index contributed by atoms with van der Waals surface area (Å²) in [5.74, 6) is -0.562. The first-order chi connectivity index (χ1) is 8.58. The van der Waals surface area contributed by atoms with Gasteiger partial charge in [-0.3, -0.25) is 4.79 Å². The largest absolute Gasteiger partial charge is 0.481 e. The quantitative estimate of drug-likeness (QED) is 0.915. The zero-order chi connectivity index (χ0) is 13.1. The van der Waals surface area contributed by atoms with Crippen molar-refractivity contribution in [1.82, 2.24) is 4.98 Å². The number of nitrogens with zero attached hydrogens (tertiary/aromatic N) is 1. The van der Waals surface area contributed by atoms with Crippen molar-refractivity contribution in [2.75, 3.05) is 0 Å². The first-order valence-electron chi connectivity index (χ1n) is 5.84. The van der Waals surface area contributed by atoms with Gasteiger partial charge in [0.1, 0.15) is 5.01 Å². The van der Waals surface area contributed by atoms with Crippen LogP contribution in [0.15, 0.2) is 30.3 Å². The van der Waals surface area contributed by atoms with Gasteiger partial charge in [0.15, 0.2) is 0 Å². The Morgan fingerprint density at radius 3 is 2.56 bits per heavy atom. The van der Waals surface area contributed by atoms with Gasteiger partial charge in [-0.05, 0) is 5.92 Å². The van der Waals surface area contributed by atoms with Gasteiger partial charge in [-0.2, -0.15) is 0 Å². The van der Waals surface area contributed by atoms with Gasteiger partial charge >= 0.3 is 5.97 Å². The average molecular weight is 261 g/mol. The molecular weight excluding hydrogens is 246 g/mol. The molecule has 2 rings (SSSR count). The molecule has 0 aliphatic heterocycles. The Bertz CT molecular complexity index is 546. The highest BCUT2D eigenvalue weighted by Gasteiger charge is 2.17. The fourth-order valence-corrected chi connectivity index (χ4v) is 3.00. The normalized spacial score (nSPS) is 10.8. The SMILES string of the molecule is CC(C)c1nc(-c2ccccc2)sc1CC(=O)O. The Balaban J connectivity index is 2.42. The third-order valence-corrected chi connectivity index (χ3v) is 3.73. The molecule has 0 spiro atoms. The van der Waals surface area contributed by atoms with Gasteiger partial charge in [0.2, 0.25) is 0 Å². The number of hydrogen-bond acceptors (Lipinski definition) is 3. The molecule has 0 aliphatic rings. The second-order valence-corrected chi connectivity index (χ2v) is 5.50. The predicted octanol–water partition coefficient (Wildman–Crippen LogP) is 3.56. The summed E-state index contributed by atoms with van der Waals surface area (Å²) in [5, 5.41) is 9.83. The van der Waals surface area contributed by atoms with E-state index in [9.17, 15) is 4.79 Å². The molecule has 1 N–H and O–H groups in total. The molecule has 18 heavy (non-hydrogen) atoms. The number of carbonyl (C=O) groups is 1. The highest BCUT2D eigenvalue weighted by atomic mass is 32.1. The Labute approximate surface area is 110 Å². The zero-order valence-corrected chi connectivity index (χ0v) is 11.2. The predicted molar refractivity (Wildman–Crippen MR) is 73.0 cm³/mol. The highest BCUT2D eigenvalue weighted by molar-refractivity contribution is 7.15. The summed E-state index contributed by atoms with van der Waals surface area (Å²) in [4.78, 5) is 16.3. The van der Waals surface area contributed by atoms with Crippen LogP contribution in [0.5, 0.6) is 0 Å². The summed E-state index contributed by atoms with van der Waals surface area (Å²) < 4.78 is 0. The van der Waals surface area contributed by atoms with Crippen LogP contribution in [0.3, 0.4) is 0 Å². The third-order valence-electron chi connectivity index (χ3n) is 2.61. The lowest BCUT2D eigenvalue weighted by molar-refractivity contribution is -0.136. The summed E-state index contributed by atoms with van der Waals surface area (Å²) in [7, 11) is 0. The van der Waals surface area contributed by atoms with Crippen LogP contribution in [-0.2, 0) is 11.2 Å². The molecule has 94 valence electrons. The molecule has 0 fully saturated rings. The number of aliphatic carboxylic acids is 1. The number of carboxylic acid groups (broad SMARTS) is 1. The van der Waals surface area contributed by atoms with E-state index >= 15 is 0 Å². The van der Waals surface area contributed by atoms with Crippen LogP contribution in [0.2, 0.25) is 0 Å². The molecule has 3 nitrogen and oxygen atoms in total. The smallest absolute Gasteiger partial charge is 0.308 e. The third kappa shape index (κ3) is 2.76. The number of aromatic nitrogens is 1. The molecule has 0 saturated carbocycles. The lowest BCUT2D eigenvalue weighted by Crippen LogP contribution is -2.02. The van der Waals surface area contributed by atoms with E-state index in [1.807, 2.05) is 44.2 Å². The van der Waals surface area contributed by atoms with E-state index in [0.29, 0.717) is 0 Å². The Hall–Kier alpha value is -1.68. The van der Waals surface area contributed by atoms with E-state index in [4.69, 9.17) is 5.11 Å². The lowest BCUT2D eigenvalue weighted by Gasteiger charge is -2.02. The van der Waals surface area contributed by atoms with Gasteiger partial charge < -0.3 is 5.11 Å². The number of carboxylic acids is 1. The van der Waals surface area contributed by atoms with E-state index < -0.39 is 5.97 Å². The molecule has 0 atom stereocenters. The molecule has 0 unspecified atom stereocenters.